The quantitative estimate of drug-likeness (QED) is 0.179. The third kappa shape index (κ3) is 6.62. The number of rotatable bonds is 12. The van der Waals surface area contributed by atoms with E-state index in [1.807, 2.05) is 6.07 Å². The lowest BCUT2D eigenvalue weighted by molar-refractivity contribution is -0.0358. The summed E-state index contributed by atoms with van der Waals surface area (Å²) in [7, 11) is -1.48. The van der Waals surface area contributed by atoms with Gasteiger partial charge in [-0.05, 0) is 39.8 Å². The number of halogens is 1. The van der Waals surface area contributed by atoms with E-state index in [4.69, 9.17) is 20.4 Å². The van der Waals surface area contributed by atoms with Crippen LogP contribution in [0, 0.1) is 12.5 Å². The van der Waals surface area contributed by atoms with Crippen molar-refractivity contribution < 1.29 is 23.0 Å². The van der Waals surface area contributed by atoms with Crippen LogP contribution < -0.4 is 5.32 Å². The maximum Gasteiger partial charge on any atom is 0.259 e. The van der Waals surface area contributed by atoms with Crippen LogP contribution >= 0.6 is 8.53 Å². The first-order valence-corrected chi connectivity index (χ1v) is 14.4. The van der Waals surface area contributed by atoms with Gasteiger partial charge in [0.05, 0.1) is 19.0 Å². The number of carbonyl (C=O) groups excluding carboxylic acids is 1. The number of imidazole rings is 1. The molecule has 1 fully saturated rings. The summed E-state index contributed by atoms with van der Waals surface area (Å²) in [6.07, 6.45) is -0.143. The number of carbonyl (C=O) groups is 1. The number of nitrogens with zero attached hydrogens (tertiary/aromatic N) is 6. The fourth-order valence-electron chi connectivity index (χ4n) is 4.60. The Morgan fingerprint density at radius 1 is 1.20 bits per heavy atom. The van der Waals surface area contributed by atoms with E-state index >= 15 is 4.39 Å². The van der Waals surface area contributed by atoms with Crippen LogP contribution in [0.1, 0.15) is 51.2 Å². The first-order chi connectivity index (χ1) is 19.2. The highest BCUT2D eigenvalue weighted by molar-refractivity contribution is 7.44. The summed E-state index contributed by atoms with van der Waals surface area (Å²) in [6, 6.07) is 9.05. The molecule has 0 radical (unpaired) electrons. The van der Waals surface area contributed by atoms with E-state index < -0.39 is 32.9 Å². The first kappa shape index (κ1) is 29.9. The summed E-state index contributed by atoms with van der Waals surface area (Å²) in [6.45, 7) is 17.7. The number of aromatic nitrogens is 4. The van der Waals surface area contributed by atoms with Crippen molar-refractivity contribution in [1.29, 1.82) is 0 Å². The van der Waals surface area contributed by atoms with Crippen LogP contribution in [0.15, 0.2) is 43.0 Å². The summed E-state index contributed by atoms with van der Waals surface area (Å²) >= 11 is 0. The van der Waals surface area contributed by atoms with Gasteiger partial charge in [0, 0.05) is 23.6 Å². The summed E-state index contributed by atoms with van der Waals surface area (Å²) in [5, 5.41) is 2.76. The molecule has 1 saturated heterocycles. The predicted octanol–water partition coefficient (Wildman–Crippen LogP) is 5.25. The molecule has 0 spiro atoms. The predicted molar refractivity (Wildman–Crippen MR) is 150 cm³/mol. The number of fused-ring (bicyclic) bond motifs is 1. The maximum absolute atomic E-state index is 15.6. The molecular formula is C27H35FN7O4P. The third-order valence-corrected chi connectivity index (χ3v) is 8.65. The van der Waals surface area contributed by atoms with Gasteiger partial charge < -0.3 is 23.9 Å². The molecule has 1 N–H and O–H groups in total. The molecule has 3 aromatic rings. The summed E-state index contributed by atoms with van der Waals surface area (Å²) in [5.74, 6) is -0.592. The molecule has 5 atom stereocenters. The Balaban J connectivity index is 1.49. The smallest absolute Gasteiger partial charge is 0.259 e. The molecule has 0 bridgehead atoms. The molecule has 40 heavy (non-hydrogen) atoms. The van der Waals surface area contributed by atoms with E-state index in [-0.39, 0.29) is 43.6 Å². The standard InChI is InChI=1S/C27H35FN7O4P/c1-17(2)35(18(3)4)40(37-13-12-29-6)38-14-21-19(5)22(28)27(39-21)34-16-32-23-24(30-15-31-25(23)34)33-26(36)20-10-8-7-9-11-20/h7-11,15-19,21-22,27H,12-14H2,1-5H3,(H,30,31,33,36)/t19-,21-,22+,27-,40?/m1/s1. The SMILES string of the molecule is [C-]#[N+]CCOP(OC[C@H]1O[C@@H](n2cnc3c(NC(=O)c4ccccc4)ncnc32)[C@@H](F)[C@@H]1C)N(C(C)C)C(C)C. The Morgan fingerprint density at radius 2 is 1.93 bits per heavy atom. The van der Waals surface area contributed by atoms with Gasteiger partial charge in [-0.2, -0.15) is 0 Å². The zero-order chi connectivity index (χ0) is 28.8. The Hall–Kier alpha value is -3.07. The Labute approximate surface area is 234 Å². The van der Waals surface area contributed by atoms with Crippen LogP contribution in [-0.2, 0) is 13.8 Å². The zero-order valence-electron chi connectivity index (χ0n) is 23.3. The van der Waals surface area contributed by atoms with Crippen molar-refractivity contribution in [1.82, 2.24) is 24.2 Å². The van der Waals surface area contributed by atoms with E-state index in [9.17, 15) is 4.79 Å². The molecule has 0 saturated carbocycles. The fraction of sp³-hybridized carbons (Fsp3) is 0.519. The molecule has 1 unspecified atom stereocenters. The molecule has 0 aliphatic carbocycles. The highest BCUT2D eigenvalue weighted by Gasteiger charge is 2.45. The van der Waals surface area contributed by atoms with Crippen LogP contribution in [-0.4, -0.2) is 74.2 Å². The second-order valence-corrected chi connectivity index (χ2v) is 11.5. The van der Waals surface area contributed by atoms with Crippen LogP contribution in [0.2, 0.25) is 0 Å². The average Bonchev–Trinajstić information content (AvgIpc) is 3.48. The fourth-order valence-corrected chi connectivity index (χ4v) is 6.21. The normalized spacial score (nSPS) is 21.8. The molecule has 1 aliphatic heterocycles. The van der Waals surface area contributed by atoms with Crippen molar-refractivity contribution in [3.8, 4) is 0 Å². The molecular weight excluding hydrogens is 536 g/mol. The highest BCUT2D eigenvalue weighted by Crippen LogP contribution is 2.47. The number of alkyl halides is 1. The van der Waals surface area contributed by atoms with E-state index in [0.29, 0.717) is 16.7 Å². The largest absolute Gasteiger partial charge is 0.349 e. The topological polar surface area (TPSA) is 108 Å². The first-order valence-electron chi connectivity index (χ1n) is 13.2. The number of benzene rings is 1. The lowest BCUT2D eigenvalue weighted by Gasteiger charge is -2.35. The third-order valence-electron chi connectivity index (χ3n) is 6.58. The van der Waals surface area contributed by atoms with E-state index in [1.165, 1.54) is 17.2 Å². The number of ether oxygens (including phenoxy) is 1. The van der Waals surface area contributed by atoms with Gasteiger partial charge in [-0.25, -0.2) is 30.6 Å². The van der Waals surface area contributed by atoms with Crippen LogP contribution in [0.4, 0.5) is 10.2 Å². The lowest BCUT2D eigenvalue weighted by Crippen LogP contribution is -2.35. The summed E-state index contributed by atoms with van der Waals surface area (Å²) < 4.78 is 37.6. The van der Waals surface area contributed by atoms with E-state index in [2.05, 4.69) is 57.5 Å². The summed E-state index contributed by atoms with van der Waals surface area (Å²) in [4.78, 5) is 28.9. The van der Waals surface area contributed by atoms with E-state index in [0.717, 1.165) is 0 Å². The highest BCUT2D eigenvalue weighted by atomic mass is 31.2. The summed E-state index contributed by atoms with van der Waals surface area (Å²) in [5.41, 5.74) is 1.14. The van der Waals surface area contributed by atoms with Gasteiger partial charge >= 0.3 is 0 Å². The molecule has 11 nitrogen and oxygen atoms in total. The van der Waals surface area contributed by atoms with Crippen molar-refractivity contribution in [3.63, 3.8) is 0 Å². The second kappa shape index (κ2) is 13.5. The van der Waals surface area contributed by atoms with Crippen LogP contribution in [0.25, 0.3) is 16.0 Å². The minimum absolute atomic E-state index is 0.123. The molecule has 1 aromatic carbocycles. The van der Waals surface area contributed by atoms with Gasteiger partial charge in [-0.15, -0.1) is 0 Å². The molecule has 13 heteroatoms. The Kier molecular flexibility index (Phi) is 10.1. The van der Waals surface area contributed by atoms with Gasteiger partial charge in [0.1, 0.15) is 12.9 Å². The Morgan fingerprint density at radius 3 is 2.60 bits per heavy atom. The number of anilines is 1. The minimum atomic E-state index is -1.48. The van der Waals surface area contributed by atoms with Crippen molar-refractivity contribution >= 4 is 31.4 Å². The number of hydrogen-bond donors (Lipinski definition) is 1. The van der Waals surface area contributed by atoms with Crippen LogP contribution in [0.5, 0.6) is 0 Å². The molecule has 4 rings (SSSR count). The van der Waals surface area contributed by atoms with Gasteiger partial charge in [0.2, 0.25) is 6.54 Å². The molecule has 2 aromatic heterocycles. The molecule has 1 amide bonds. The Bertz CT molecular complexity index is 1310. The molecule has 214 valence electrons. The molecule has 1 aliphatic rings. The van der Waals surface area contributed by atoms with Crippen LogP contribution in [0.3, 0.4) is 0 Å². The van der Waals surface area contributed by atoms with Gasteiger partial charge in [-0.3, -0.25) is 9.36 Å². The second-order valence-electron chi connectivity index (χ2n) is 10.1. The monoisotopic (exact) mass is 571 g/mol. The minimum Gasteiger partial charge on any atom is -0.349 e. The number of amides is 1. The van der Waals surface area contributed by atoms with E-state index in [1.54, 1.807) is 31.2 Å². The maximum atomic E-state index is 15.6. The van der Waals surface area contributed by atoms with Crippen molar-refractivity contribution in [3.05, 3.63) is 60.0 Å². The number of hydrogen-bond acceptors (Lipinski definition) is 8. The van der Waals surface area contributed by atoms with Crippen molar-refractivity contribution in [2.75, 3.05) is 25.1 Å². The van der Waals surface area contributed by atoms with Gasteiger partial charge in [-0.1, -0.05) is 25.1 Å². The van der Waals surface area contributed by atoms with Gasteiger partial charge in [0.15, 0.2) is 29.4 Å². The van der Waals surface area contributed by atoms with Crippen molar-refractivity contribution in [2.24, 2.45) is 5.92 Å². The molecule has 3 heterocycles. The lowest BCUT2D eigenvalue weighted by atomic mass is 10.0. The average molecular weight is 572 g/mol. The zero-order valence-corrected chi connectivity index (χ0v) is 24.2. The van der Waals surface area contributed by atoms with Gasteiger partial charge in [0.25, 0.3) is 14.4 Å². The van der Waals surface area contributed by atoms with Crippen molar-refractivity contribution in [2.45, 2.75) is 65.2 Å². The number of nitrogens with one attached hydrogen (secondary N) is 1.